The predicted molar refractivity (Wildman–Crippen MR) is 85.1 cm³/mol. The van der Waals surface area contributed by atoms with Crippen LogP contribution < -0.4 is 10.1 Å². The molecule has 1 atom stereocenters. The average Bonchev–Trinajstić information content (AvgIpc) is 2.47. The predicted octanol–water partition coefficient (Wildman–Crippen LogP) is 4.12. The fourth-order valence-corrected chi connectivity index (χ4v) is 2.09. The van der Waals surface area contributed by atoms with Gasteiger partial charge in [0.1, 0.15) is 11.9 Å². The molecule has 2 rings (SSSR count). The Morgan fingerprint density at radius 1 is 0.900 bits per heavy atom. The molecule has 1 N–H and O–H groups in total. The van der Waals surface area contributed by atoms with Gasteiger partial charge in [-0.15, -0.1) is 0 Å². The zero-order valence-electron chi connectivity index (χ0n) is 12.5. The quantitative estimate of drug-likeness (QED) is 0.851. The van der Waals surface area contributed by atoms with E-state index in [4.69, 9.17) is 4.74 Å². The summed E-state index contributed by atoms with van der Waals surface area (Å²) in [5.74, 6) is 0.941. The SMILES string of the molecule is CC(C)NCC(C)Oc1ccccc1-c1ccccc1. The van der Waals surface area contributed by atoms with E-state index in [-0.39, 0.29) is 6.10 Å². The number of hydrogen-bond donors (Lipinski definition) is 1. The third kappa shape index (κ3) is 4.10. The fourth-order valence-electron chi connectivity index (χ4n) is 2.09. The molecule has 0 aliphatic carbocycles. The summed E-state index contributed by atoms with van der Waals surface area (Å²) in [7, 11) is 0. The van der Waals surface area contributed by atoms with Gasteiger partial charge in [0.25, 0.3) is 0 Å². The molecule has 0 aromatic heterocycles. The maximum absolute atomic E-state index is 6.09. The molecule has 0 heterocycles. The largest absolute Gasteiger partial charge is 0.489 e. The monoisotopic (exact) mass is 269 g/mol. The summed E-state index contributed by atoms with van der Waals surface area (Å²) in [6.45, 7) is 7.23. The molecule has 0 bridgehead atoms. The molecule has 20 heavy (non-hydrogen) atoms. The molecule has 2 nitrogen and oxygen atoms in total. The number of rotatable bonds is 6. The Labute approximate surface area is 121 Å². The minimum atomic E-state index is 0.141. The lowest BCUT2D eigenvalue weighted by atomic mass is 10.0. The van der Waals surface area contributed by atoms with Crippen LogP contribution >= 0.6 is 0 Å². The van der Waals surface area contributed by atoms with Crippen LogP contribution in [0.25, 0.3) is 11.1 Å². The van der Waals surface area contributed by atoms with E-state index in [1.807, 2.05) is 24.3 Å². The van der Waals surface area contributed by atoms with Gasteiger partial charge in [-0.25, -0.2) is 0 Å². The molecule has 2 aromatic rings. The second-order valence-corrected chi connectivity index (χ2v) is 5.35. The molecular formula is C18H23NO. The highest BCUT2D eigenvalue weighted by Crippen LogP contribution is 2.30. The van der Waals surface area contributed by atoms with E-state index in [0.717, 1.165) is 17.9 Å². The average molecular weight is 269 g/mol. The Kier molecular flexibility index (Phi) is 5.19. The van der Waals surface area contributed by atoms with Gasteiger partial charge in [-0.1, -0.05) is 62.4 Å². The second kappa shape index (κ2) is 7.11. The molecule has 0 aliphatic heterocycles. The maximum Gasteiger partial charge on any atom is 0.127 e. The Hall–Kier alpha value is -1.80. The molecule has 106 valence electrons. The van der Waals surface area contributed by atoms with E-state index in [1.165, 1.54) is 5.56 Å². The number of ether oxygens (including phenoxy) is 1. The Bertz CT molecular complexity index is 522. The van der Waals surface area contributed by atoms with Crippen LogP contribution in [0.5, 0.6) is 5.75 Å². The third-order valence-electron chi connectivity index (χ3n) is 3.11. The summed E-state index contributed by atoms with van der Waals surface area (Å²) in [4.78, 5) is 0. The standard InChI is InChI=1S/C18H23NO/c1-14(2)19-13-15(3)20-18-12-8-7-11-17(18)16-9-5-4-6-10-16/h4-12,14-15,19H,13H2,1-3H3. The summed E-state index contributed by atoms with van der Waals surface area (Å²) in [6.07, 6.45) is 0.141. The van der Waals surface area contributed by atoms with Crippen LogP contribution in [0.1, 0.15) is 20.8 Å². The summed E-state index contributed by atoms with van der Waals surface area (Å²) in [6, 6.07) is 19.0. The van der Waals surface area contributed by atoms with Crippen LogP contribution in [-0.2, 0) is 0 Å². The van der Waals surface area contributed by atoms with E-state index in [0.29, 0.717) is 6.04 Å². The Balaban J connectivity index is 2.12. The second-order valence-electron chi connectivity index (χ2n) is 5.35. The van der Waals surface area contributed by atoms with Crippen molar-refractivity contribution in [2.45, 2.75) is 32.9 Å². The van der Waals surface area contributed by atoms with Crippen LogP contribution in [0.4, 0.5) is 0 Å². The van der Waals surface area contributed by atoms with Gasteiger partial charge in [0.2, 0.25) is 0 Å². The van der Waals surface area contributed by atoms with Gasteiger partial charge in [0.05, 0.1) is 0 Å². The zero-order valence-corrected chi connectivity index (χ0v) is 12.5. The highest BCUT2D eigenvalue weighted by Gasteiger charge is 2.09. The van der Waals surface area contributed by atoms with Crippen molar-refractivity contribution in [2.75, 3.05) is 6.54 Å². The molecule has 0 amide bonds. The Morgan fingerprint density at radius 2 is 1.55 bits per heavy atom. The molecule has 0 radical (unpaired) electrons. The van der Waals surface area contributed by atoms with Crippen molar-refractivity contribution < 1.29 is 4.74 Å². The van der Waals surface area contributed by atoms with Crippen LogP contribution in [0.15, 0.2) is 54.6 Å². The first-order valence-electron chi connectivity index (χ1n) is 7.21. The lowest BCUT2D eigenvalue weighted by Gasteiger charge is -2.19. The van der Waals surface area contributed by atoms with Crippen molar-refractivity contribution in [3.05, 3.63) is 54.6 Å². The summed E-state index contributed by atoms with van der Waals surface area (Å²) < 4.78 is 6.09. The highest BCUT2D eigenvalue weighted by molar-refractivity contribution is 5.70. The van der Waals surface area contributed by atoms with E-state index in [9.17, 15) is 0 Å². The maximum atomic E-state index is 6.09. The zero-order chi connectivity index (χ0) is 14.4. The normalized spacial score (nSPS) is 12.4. The first-order chi connectivity index (χ1) is 9.66. The topological polar surface area (TPSA) is 21.3 Å². The molecule has 0 saturated carbocycles. The molecule has 1 unspecified atom stereocenters. The van der Waals surface area contributed by atoms with Crippen molar-refractivity contribution >= 4 is 0 Å². The van der Waals surface area contributed by atoms with E-state index in [1.54, 1.807) is 0 Å². The Morgan fingerprint density at radius 3 is 2.25 bits per heavy atom. The van der Waals surface area contributed by atoms with E-state index >= 15 is 0 Å². The molecule has 0 aliphatic rings. The lowest BCUT2D eigenvalue weighted by molar-refractivity contribution is 0.214. The van der Waals surface area contributed by atoms with Gasteiger partial charge in [-0.05, 0) is 18.6 Å². The molecule has 2 aromatic carbocycles. The molecule has 0 spiro atoms. The fraction of sp³-hybridized carbons (Fsp3) is 0.333. The van der Waals surface area contributed by atoms with Crippen molar-refractivity contribution in [3.63, 3.8) is 0 Å². The van der Waals surface area contributed by atoms with Crippen molar-refractivity contribution in [3.8, 4) is 16.9 Å². The van der Waals surface area contributed by atoms with Gasteiger partial charge in [-0.3, -0.25) is 0 Å². The number of para-hydroxylation sites is 1. The lowest BCUT2D eigenvalue weighted by Crippen LogP contribution is -2.33. The minimum absolute atomic E-state index is 0.141. The smallest absolute Gasteiger partial charge is 0.127 e. The van der Waals surface area contributed by atoms with Gasteiger partial charge in [0.15, 0.2) is 0 Å². The van der Waals surface area contributed by atoms with Crippen molar-refractivity contribution in [1.82, 2.24) is 5.32 Å². The summed E-state index contributed by atoms with van der Waals surface area (Å²) in [5, 5.41) is 3.40. The number of hydrogen-bond acceptors (Lipinski definition) is 2. The van der Waals surface area contributed by atoms with Crippen LogP contribution in [0, 0.1) is 0 Å². The van der Waals surface area contributed by atoms with Crippen LogP contribution in [0.2, 0.25) is 0 Å². The van der Waals surface area contributed by atoms with Crippen molar-refractivity contribution in [1.29, 1.82) is 0 Å². The van der Waals surface area contributed by atoms with Crippen LogP contribution in [-0.4, -0.2) is 18.7 Å². The number of nitrogens with one attached hydrogen (secondary N) is 1. The first kappa shape index (κ1) is 14.6. The van der Waals surface area contributed by atoms with Gasteiger partial charge < -0.3 is 10.1 Å². The first-order valence-corrected chi connectivity index (χ1v) is 7.21. The summed E-state index contributed by atoms with van der Waals surface area (Å²) in [5.41, 5.74) is 2.33. The van der Waals surface area contributed by atoms with Crippen molar-refractivity contribution in [2.24, 2.45) is 0 Å². The molecule has 0 fully saturated rings. The third-order valence-corrected chi connectivity index (χ3v) is 3.11. The minimum Gasteiger partial charge on any atom is -0.489 e. The molecule has 2 heteroatoms. The molecule has 0 saturated heterocycles. The van der Waals surface area contributed by atoms with Crippen LogP contribution in [0.3, 0.4) is 0 Å². The summed E-state index contributed by atoms with van der Waals surface area (Å²) >= 11 is 0. The van der Waals surface area contributed by atoms with E-state index < -0.39 is 0 Å². The number of benzene rings is 2. The van der Waals surface area contributed by atoms with Gasteiger partial charge in [0, 0.05) is 18.2 Å². The highest BCUT2D eigenvalue weighted by atomic mass is 16.5. The van der Waals surface area contributed by atoms with Gasteiger partial charge >= 0.3 is 0 Å². The van der Waals surface area contributed by atoms with E-state index in [2.05, 4.69) is 56.4 Å². The van der Waals surface area contributed by atoms with Gasteiger partial charge in [-0.2, -0.15) is 0 Å². The molecular weight excluding hydrogens is 246 g/mol.